The zero-order valence-electron chi connectivity index (χ0n) is 19.8. The molecule has 0 fully saturated rings. The fraction of sp³-hybridized carbons (Fsp3) is 0.375. The minimum Gasteiger partial charge on any atom is -0.347 e. The molecule has 2 aromatic heterocycles. The van der Waals surface area contributed by atoms with E-state index in [1.807, 2.05) is 19.1 Å². The first-order valence-electron chi connectivity index (χ1n) is 11.3. The van der Waals surface area contributed by atoms with Crippen molar-refractivity contribution < 1.29 is 9.59 Å². The minimum absolute atomic E-state index is 0.0322. The van der Waals surface area contributed by atoms with Gasteiger partial charge in [-0.25, -0.2) is 4.98 Å². The van der Waals surface area contributed by atoms with Gasteiger partial charge < -0.3 is 20.4 Å². The highest BCUT2D eigenvalue weighted by atomic mass is 32.1. The number of nitrogens with one attached hydrogen (secondary N) is 2. The van der Waals surface area contributed by atoms with Crippen molar-refractivity contribution in [1.82, 2.24) is 20.3 Å². The van der Waals surface area contributed by atoms with Gasteiger partial charge >= 0.3 is 0 Å². The summed E-state index contributed by atoms with van der Waals surface area (Å²) in [6.07, 6.45) is 4.38. The lowest BCUT2D eigenvalue weighted by molar-refractivity contribution is -0.119. The number of aromatic nitrogens is 3. The normalized spacial score (nSPS) is 15.4. The Morgan fingerprint density at radius 2 is 1.97 bits per heavy atom. The van der Waals surface area contributed by atoms with E-state index in [0.29, 0.717) is 29.7 Å². The predicted octanol–water partition coefficient (Wildman–Crippen LogP) is 3.82. The summed E-state index contributed by atoms with van der Waals surface area (Å²) < 4.78 is 0. The quantitative estimate of drug-likeness (QED) is 0.506. The first-order valence-corrected chi connectivity index (χ1v) is 12.2. The second-order valence-corrected chi connectivity index (χ2v) is 9.68. The number of rotatable bonds is 8. The summed E-state index contributed by atoms with van der Waals surface area (Å²) in [6, 6.07) is 6.86. The number of fused-ring (bicyclic) bond motifs is 1. The molecule has 4 rings (SSSR count). The number of amides is 2. The van der Waals surface area contributed by atoms with Gasteiger partial charge in [0.15, 0.2) is 5.82 Å². The Balaban J connectivity index is 1.48. The molecule has 0 radical (unpaired) electrons. The Kier molecular flexibility index (Phi) is 7.06. The van der Waals surface area contributed by atoms with E-state index in [0.717, 1.165) is 29.3 Å². The van der Waals surface area contributed by atoms with Gasteiger partial charge in [0.25, 0.3) is 5.91 Å². The smallest absolute Gasteiger partial charge is 0.251 e. The number of hydrogen-bond donors (Lipinski definition) is 2. The van der Waals surface area contributed by atoms with Crippen LogP contribution in [-0.2, 0) is 11.3 Å². The summed E-state index contributed by atoms with van der Waals surface area (Å²) in [4.78, 5) is 42.9. The molecule has 0 spiro atoms. The molecule has 1 aromatic carbocycles. The maximum absolute atomic E-state index is 12.7. The largest absolute Gasteiger partial charge is 0.347 e. The Morgan fingerprint density at radius 3 is 2.65 bits per heavy atom. The van der Waals surface area contributed by atoms with Crippen molar-refractivity contribution in [2.24, 2.45) is 5.92 Å². The maximum atomic E-state index is 12.7. The van der Waals surface area contributed by atoms with Crippen LogP contribution >= 0.6 is 11.3 Å². The number of benzene rings is 1. The highest BCUT2D eigenvalue weighted by molar-refractivity contribution is 7.09. The third-order valence-electron chi connectivity index (χ3n) is 5.80. The fourth-order valence-corrected chi connectivity index (χ4v) is 4.25. The number of likely N-dealkylation sites (N-methyl/N-ethyl adjacent to an activating group) is 1. The van der Waals surface area contributed by atoms with E-state index in [-0.39, 0.29) is 17.9 Å². The van der Waals surface area contributed by atoms with E-state index in [4.69, 9.17) is 4.98 Å². The van der Waals surface area contributed by atoms with Gasteiger partial charge in [-0.05, 0) is 43.5 Å². The van der Waals surface area contributed by atoms with Gasteiger partial charge in [0, 0.05) is 35.9 Å². The number of nitrogens with zero attached hydrogens (tertiary/aromatic N) is 5. The van der Waals surface area contributed by atoms with Crippen molar-refractivity contribution in [3.05, 3.63) is 52.6 Å². The molecule has 3 heterocycles. The van der Waals surface area contributed by atoms with Crippen LogP contribution in [0.15, 0.2) is 42.2 Å². The van der Waals surface area contributed by atoms with E-state index in [2.05, 4.69) is 39.3 Å². The van der Waals surface area contributed by atoms with Crippen LogP contribution in [0.1, 0.15) is 42.4 Å². The van der Waals surface area contributed by atoms with Gasteiger partial charge in [-0.1, -0.05) is 13.8 Å². The number of hydrogen-bond acceptors (Lipinski definition) is 8. The lowest BCUT2D eigenvalue weighted by Gasteiger charge is -2.39. The molecule has 9 nitrogen and oxygen atoms in total. The van der Waals surface area contributed by atoms with Crippen LogP contribution in [0.25, 0.3) is 0 Å². The van der Waals surface area contributed by atoms with Crippen molar-refractivity contribution in [2.75, 3.05) is 28.7 Å². The number of thiazole rings is 1. The average molecular weight is 480 g/mol. The molecular weight excluding hydrogens is 450 g/mol. The van der Waals surface area contributed by atoms with Gasteiger partial charge in [-0.15, -0.1) is 11.3 Å². The summed E-state index contributed by atoms with van der Waals surface area (Å²) >= 11 is 1.50. The van der Waals surface area contributed by atoms with Crippen molar-refractivity contribution in [1.29, 1.82) is 0 Å². The van der Waals surface area contributed by atoms with Crippen molar-refractivity contribution in [3.8, 4) is 0 Å². The lowest BCUT2D eigenvalue weighted by atomic mass is 10.1. The first kappa shape index (κ1) is 23.6. The molecule has 10 heteroatoms. The van der Waals surface area contributed by atoms with Crippen molar-refractivity contribution in [3.63, 3.8) is 0 Å². The standard InChI is InChI=1S/C24H29N7O2S/c1-15(2)9-10-31-16(3)23(33)30(4)20-13-27-24(29-21(20)31)28-18-7-5-17(6-8-18)22(32)26-12-19-11-25-14-34-19/h5-8,11,13-16H,9-10,12H2,1-4H3,(H,26,32)(H,27,28,29). The molecule has 1 atom stereocenters. The molecule has 0 aliphatic carbocycles. The number of anilines is 4. The Morgan fingerprint density at radius 1 is 1.21 bits per heavy atom. The Hall–Kier alpha value is -3.53. The monoisotopic (exact) mass is 479 g/mol. The third kappa shape index (κ3) is 5.17. The third-order valence-corrected chi connectivity index (χ3v) is 6.58. The van der Waals surface area contributed by atoms with Crippen LogP contribution in [0, 0.1) is 5.92 Å². The molecule has 1 aliphatic rings. The molecule has 0 saturated carbocycles. The van der Waals surface area contributed by atoms with Crippen LogP contribution in [0.5, 0.6) is 0 Å². The molecule has 0 saturated heterocycles. The van der Waals surface area contributed by atoms with E-state index in [9.17, 15) is 9.59 Å². The number of carbonyl (C=O) groups excluding carboxylic acids is 2. The molecule has 1 aliphatic heterocycles. The zero-order valence-corrected chi connectivity index (χ0v) is 20.6. The average Bonchev–Trinajstić information content (AvgIpc) is 3.35. The predicted molar refractivity (Wildman–Crippen MR) is 135 cm³/mol. The summed E-state index contributed by atoms with van der Waals surface area (Å²) in [5, 5.41) is 6.10. The molecule has 3 aromatic rings. The SMILES string of the molecule is CC(C)CCN1c2nc(Nc3ccc(C(=O)NCc4cncs4)cc3)ncc2N(C)C(=O)C1C. The van der Waals surface area contributed by atoms with Crippen LogP contribution in [0.2, 0.25) is 0 Å². The second-order valence-electron chi connectivity index (χ2n) is 8.70. The van der Waals surface area contributed by atoms with E-state index in [1.54, 1.807) is 42.0 Å². The summed E-state index contributed by atoms with van der Waals surface area (Å²) in [6.45, 7) is 7.44. The second kappa shape index (κ2) is 10.2. The van der Waals surface area contributed by atoms with Gasteiger partial charge in [-0.3, -0.25) is 14.6 Å². The van der Waals surface area contributed by atoms with E-state index >= 15 is 0 Å². The Bertz CT molecular complexity index is 1150. The van der Waals surface area contributed by atoms with Gasteiger partial charge in [-0.2, -0.15) is 4.98 Å². The van der Waals surface area contributed by atoms with Crippen LogP contribution in [0.4, 0.5) is 23.1 Å². The van der Waals surface area contributed by atoms with Crippen molar-refractivity contribution >= 4 is 46.3 Å². The molecule has 178 valence electrons. The summed E-state index contributed by atoms with van der Waals surface area (Å²) in [5.74, 6) is 1.58. The van der Waals surface area contributed by atoms with E-state index in [1.165, 1.54) is 11.3 Å². The van der Waals surface area contributed by atoms with E-state index < -0.39 is 0 Å². The highest BCUT2D eigenvalue weighted by Crippen LogP contribution is 2.34. The lowest BCUT2D eigenvalue weighted by Crippen LogP contribution is -2.51. The first-order chi connectivity index (χ1) is 16.3. The molecule has 34 heavy (non-hydrogen) atoms. The van der Waals surface area contributed by atoms with Gasteiger partial charge in [0.05, 0.1) is 18.3 Å². The maximum Gasteiger partial charge on any atom is 0.251 e. The molecule has 0 bridgehead atoms. The van der Waals surface area contributed by atoms with Crippen molar-refractivity contribution in [2.45, 2.75) is 39.8 Å². The Labute approximate surface area is 203 Å². The summed E-state index contributed by atoms with van der Waals surface area (Å²) in [5.41, 5.74) is 3.77. The molecule has 2 N–H and O–H groups in total. The zero-order chi connectivity index (χ0) is 24.2. The topological polar surface area (TPSA) is 103 Å². The van der Waals surface area contributed by atoms with Crippen LogP contribution in [-0.4, -0.2) is 46.4 Å². The number of carbonyl (C=O) groups is 2. The van der Waals surface area contributed by atoms with Gasteiger partial charge in [0.2, 0.25) is 11.9 Å². The molecule has 2 amide bonds. The van der Waals surface area contributed by atoms with Crippen LogP contribution in [0.3, 0.4) is 0 Å². The van der Waals surface area contributed by atoms with Gasteiger partial charge in [0.1, 0.15) is 11.7 Å². The highest BCUT2D eigenvalue weighted by Gasteiger charge is 2.35. The fourth-order valence-electron chi connectivity index (χ4n) is 3.72. The summed E-state index contributed by atoms with van der Waals surface area (Å²) in [7, 11) is 1.76. The molecule has 1 unspecified atom stereocenters. The minimum atomic E-state index is -0.290. The van der Waals surface area contributed by atoms with Crippen LogP contribution < -0.4 is 20.4 Å². The molecular formula is C24H29N7O2S.